The predicted molar refractivity (Wildman–Crippen MR) is 121 cm³/mol. The van der Waals surface area contributed by atoms with Crippen LogP contribution in [0.1, 0.15) is 60.4 Å². The Bertz CT molecular complexity index is 978. The van der Waals surface area contributed by atoms with Crippen molar-refractivity contribution in [2.45, 2.75) is 45.4 Å². The molecule has 0 saturated heterocycles. The Morgan fingerprint density at radius 2 is 1.52 bits per heavy atom. The molecule has 4 rings (SSSR count). The van der Waals surface area contributed by atoms with Crippen molar-refractivity contribution >= 4 is 11.6 Å². The monoisotopic (exact) mass is 383 g/mol. The molecule has 2 nitrogen and oxygen atoms in total. The summed E-state index contributed by atoms with van der Waals surface area (Å²) < 4.78 is 0. The molecule has 0 aromatic heterocycles. The van der Waals surface area contributed by atoms with Gasteiger partial charge in [-0.1, -0.05) is 79.7 Å². The highest BCUT2D eigenvalue weighted by Gasteiger charge is 2.29. The summed E-state index contributed by atoms with van der Waals surface area (Å²) in [5, 5.41) is 0. The molecule has 1 unspecified atom stereocenters. The van der Waals surface area contributed by atoms with Crippen molar-refractivity contribution in [3.05, 3.63) is 101 Å². The smallest absolute Gasteiger partial charge is 0.223 e. The highest BCUT2D eigenvalue weighted by atomic mass is 16.2. The van der Waals surface area contributed by atoms with Crippen LogP contribution in [0.25, 0.3) is 0 Å². The summed E-state index contributed by atoms with van der Waals surface area (Å²) in [6, 6.07) is 25.9. The summed E-state index contributed by atoms with van der Waals surface area (Å²) in [6.45, 7) is 4.78. The van der Waals surface area contributed by atoms with Crippen molar-refractivity contribution in [1.29, 1.82) is 0 Å². The third-order valence-electron chi connectivity index (χ3n) is 6.05. The molecule has 0 aliphatic carbocycles. The van der Waals surface area contributed by atoms with Gasteiger partial charge in [0.1, 0.15) is 0 Å². The Hall–Kier alpha value is -2.87. The van der Waals surface area contributed by atoms with Crippen LogP contribution in [0.4, 0.5) is 5.69 Å². The van der Waals surface area contributed by atoms with Crippen LogP contribution < -0.4 is 4.90 Å². The van der Waals surface area contributed by atoms with Crippen LogP contribution in [0.2, 0.25) is 0 Å². The number of hydrogen-bond donors (Lipinski definition) is 0. The van der Waals surface area contributed by atoms with Crippen LogP contribution >= 0.6 is 0 Å². The maximum atomic E-state index is 12.5. The number of hydrogen-bond acceptors (Lipinski definition) is 1. The van der Waals surface area contributed by atoms with Crippen LogP contribution in [0, 0.1) is 0 Å². The Kier molecular flexibility index (Phi) is 5.80. The summed E-state index contributed by atoms with van der Waals surface area (Å²) in [4.78, 5) is 14.5. The first-order valence-electron chi connectivity index (χ1n) is 10.7. The fraction of sp³-hybridized carbons (Fsp3) is 0.296. The molecule has 0 fully saturated rings. The van der Waals surface area contributed by atoms with Crippen LogP contribution in [0.5, 0.6) is 0 Å². The lowest BCUT2D eigenvalue weighted by Crippen LogP contribution is -2.36. The molecule has 2 heteroatoms. The van der Waals surface area contributed by atoms with Crippen LogP contribution in [0.15, 0.2) is 72.8 Å². The second-order valence-corrected chi connectivity index (χ2v) is 8.08. The lowest BCUT2D eigenvalue weighted by Gasteiger charge is -2.36. The van der Waals surface area contributed by atoms with Gasteiger partial charge in [-0.15, -0.1) is 0 Å². The normalized spacial score (nSPS) is 15.8. The largest absolute Gasteiger partial charge is 0.312 e. The van der Waals surface area contributed by atoms with Gasteiger partial charge in [0.05, 0.1) is 5.69 Å². The van der Waals surface area contributed by atoms with Gasteiger partial charge in [0.25, 0.3) is 0 Å². The maximum absolute atomic E-state index is 12.5. The van der Waals surface area contributed by atoms with Crippen molar-refractivity contribution in [3.8, 4) is 0 Å². The number of benzene rings is 3. The Balaban J connectivity index is 1.83. The van der Waals surface area contributed by atoms with Crippen molar-refractivity contribution in [1.82, 2.24) is 0 Å². The van der Waals surface area contributed by atoms with Crippen LogP contribution in [-0.2, 0) is 17.6 Å². The van der Waals surface area contributed by atoms with Gasteiger partial charge >= 0.3 is 0 Å². The molecule has 1 aliphatic rings. The maximum Gasteiger partial charge on any atom is 0.223 e. The van der Waals surface area contributed by atoms with E-state index < -0.39 is 0 Å². The molecule has 0 N–H and O–H groups in total. The molecule has 1 amide bonds. The highest BCUT2D eigenvalue weighted by molar-refractivity contribution is 5.94. The van der Waals surface area contributed by atoms with E-state index in [1.54, 1.807) is 6.92 Å². The average Bonchev–Trinajstić information content (AvgIpc) is 2.74. The molecule has 0 bridgehead atoms. The van der Waals surface area contributed by atoms with E-state index in [9.17, 15) is 4.79 Å². The van der Waals surface area contributed by atoms with Gasteiger partial charge in [-0.3, -0.25) is 4.79 Å². The van der Waals surface area contributed by atoms with Gasteiger partial charge in [0.2, 0.25) is 5.91 Å². The van der Waals surface area contributed by atoms with Gasteiger partial charge in [0, 0.05) is 13.5 Å². The number of rotatable bonds is 5. The summed E-state index contributed by atoms with van der Waals surface area (Å²) in [5.74, 6) is 0.664. The van der Waals surface area contributed by atoms with E-state index in [1.807, 2.05) is 4.90 Å². The molecule has 1 heterocycles. The molecule has 3 aromatic carbocycles. The number of fused-ring (bicyclic) bond motifs is 1. The van der Waals surface area contributed by atoms with E-state index in [0.717, 1.165) is 37.9 Å². The van der Waals surface area contributed by atoms with E-state index in [-0.39, 0.29) is 5.91 Å². The van der Waals surface area contributed by atoms with Gasteiger partial charge in [-0.05, 0) is 59.4 Å². The first-order valence-corrected chi connectivity index (χ1v) is 10.7. The third kappa shape index (κ3) is 4.27. The molecule has 1 atom stereocenters. The zero-order chi connectivity index (χ0) is 20.2. The minimum Gasteiger partial charge on any atom is -0.312 e. The first kappa shape index (κ1) is 19.4. The molecular weight excluding hydrogens is 354 g/mol. The van der Waals surface area contributed by atoms with Crippen LogP contribution in [0.3, 0.4) is 0 Å². The summed E-state index contributed by atoms with van der Waals surface area (Å²) in [6.07, 6.45) is 3.93. The fourth-order valence-electron chi connectivity index (χ4n) is 4.60. The first-order chi connectivity index (χ1) is 14.2. The van der Waals surface area contributed by atoms with Crippen molar-refractivity contribution in [2.75, 3.05) is 11.4 Å². The van der Waals surface area contributed by atoms with E-state index in [1.165, 1.54) is 27.8 Å². The summed E-state index contributed by atoms with van der Waals surface area (Å²) in [5.41, 5.74) is 7.74. The van der Waals surface area contributed by atoms with Crippen molar-refractivity contribution < 1.29 is 4.79 Å². The Labute approximate surface area is 174 Å². The van der Waals surface area contributed by atoms with Gasteiger partial charge < -0.3 is 4.90 Å². The van der Waals surface area contributed by atoms with E-state index in [2.05, 4.69) is 79.7 Å². The van der Waals surface area contributed by atoms with E-state index in [0.29, 0.717) is 5.92 Å². The Morgan fingerprint density at radius 1 is 0.897 bits per heavy atom. The van der Waals surface area contributed by atoms with Gasteiger partial charge in [-0.25, -0.2) is 0 Å². The number of amides is 1. The summed E-state index contributed by atoms with van der Waals surface area (Å²) >= 11 is 0. The highest BCUT2D eigenvalue weighted by Crippen LogP contribution is 2.41. The standard InChI is InChI=1S/C27H29NO/c1-3-24-14-15-28(20(2)29)27-25(17-22-12-8-5-9-13-22)18-23(19-26(24)27)16-21-10-6-4-7-11-21/h4-13,18-19,24H,3,14-17H2,1-2H3. The number of anilines is 1. The lowest BCUT2D eigenvalue weighted by molar-refractivity contribution is -0.116. The molecule has 29 heavy (non-hydrogen) atoms. The van der Waals surface area contributed by atoms with E-state index >= 15 is 0 Å². The molecule has 0 saturated carbocycles. The number of carbonyl (C=O) groups is 1. The topological polar surface area (TPSA) is 20.3 Å². The SMILES string of the molecule is CCC1CCN(C(C)=O)c2c(Cc3ccccc3)cc(Cc3ccccc3)cc21. The van der Waals surface area contributed by atoms with E-state index in [4.69, 9.17) is 0 Å². The molecule has 148 valence electrons. The Morgan fingerprint density at radius 3 is 2.10 bits per heavy atom. The second kappa shape index (κ2) is 8.65. The zero-order valence-corrected chi connectivity index (χ0v) is 17.4. The van der Waals surface area contributed by atoms with Gasteiger partial charge in [-0.2, -0.15) is 0 Å². The number of nitrogens with zero attached hydrogens (tertiary/aromatic N) is 1. The predicted octanol–water partition coefficient (Wildman–Crippen LogP) is 6.12. The average molecular weight is 384 g/mol. The quantitative estimate of drug-likeness (QED) is 0.520. The molecule has 0 spiro atoms. The third-order valence-corrected chi connectivity index (χ3v) is 6.05. The summed E-state index contributed by atoms with van der Waals surface area (Å²) in [7, 11) is 0. The van der Waals surface area contributed by atoms with Gasteiger partial charge in [0.15, 0.2) is 0 Å². The number of carbonyl (C=O) groups excluding carboxylic acids is 1. The minimum absolute atomic E-state index is 0.144. The zero-order valence-electron chi connectivity index (χ0n) is 17.4. The second-order valence-electron chi connectivity index (χ2n) is 8.08. The fourth-order valence-corrected chi connectivity index (χ4v) is 4.60. The molecule has 3 aromatic rings. The molecular formula is C27H29NO. The molecule has 1 aliphatic heterocycles. The van der Waals surface area contributed by atoms with Crippen LogP contribution in [-0.4, -0.2) is 12.5 Å². The van der Waals surface area contributed by atoms with Crippen molar-refractivity contribution in [3.63, 3.8) is 0 Å². The molecule has 0 radical (unpaired) electrons. The minimum atomic E-state index is 0.144. The van der Waals surface area contributed by atoms with Crippen molar-refractivity contribution in [2.24, 2.45) is 0 Å². The lowest BCUT2D eigenvalue weighted by atomic mass is 9.83.